The molecule has 0 atom stereocenters. The summed E-state index contributed by atoms with van der Waals surface area (Å²) in [7, 11) is 0. The van der Waals surface area contributed by atoms with E-state index in [1.165, 1.54) is 0 Å². The van der Waals surface area contributed by atoms with Gasteiger partial charge in [-0.15, -0.1) is 0 Å². The number of halogens is 2. The molecule has 2 aromatic rings. The van der Waals surface area contributed by atoms with Crippen LogP contribution in [0.3, 0.4) is 0 Å². The summed E-state index contributed by atoms with van der Waals surface area (Å²) in [5.74, 6) is -0.589. The van der Waals surface area contributed by atoms with Gasteiger partial charge in [-0.25, -0.2) is 13.6 Å². The number of carbonyl (C=O) groups excluding carboxylic acids is 2. The topological polar surface area (TPSA) is 70.7 Å². The van der Waals surface area contributed by atoms with Crippen molar-refractivity contribution in [2.24, 2.45) is 5.92 Å². The molecule has 6 nitrogen and oxygen atoms in total. The predicted octanol–water partition coefficient (Wildman–Crippen LogP) is 3.79. The number of carbonyl (C=O) groups is 2. The molecule has 1 fully saturated rings. The van der Waals surface area contributed by atoms with E-state index < -0.39 is 11.6 Å². The number of nitrogens with zero attached hydrogens (tertiary/aromatic N) is 1. The molecular formula is C22H25F2N3O3. The number of hydrogen-bond donors (Lipinski definition) is 2. The average molecular weight is 417 g/mol. The zero-order chi connectivity index (χ0) is 21.3. The van der Waals surface area contributed by atoms with Crippen LogP contribution in [0.15, 0.2) is 48.5 Å². The molecule has 8 heteroatoms. The van der Waals surface area contributed by atoms with Gasteiger partial charge in [-0.3, -0.25) is 4.79 Å². The Labute approximate surface area is 174 Å². The first-order valence-corrected chi connectivity index (χ1v) is 9.96. The molecule has 160 valence electrons. The summed E-state index contributed by atoms with van der Waals surface area (Å²) in [5, 5.41) is 5.38. The quantitative estimate of drug-likeness (QED) is 0.720. The Balaban J connectivity index is 1.32. The molecule has 0 aromatic heterocycles. The smallest absolute Gasteiger partial charge is 0.321 e. The highest BCUT2D eigenvalue weighted by atomic mass is 19.1. The van der Waals surface area contributed by atoms with Crippen LogP contribution in [0.5, 0.6) is 5.75 Å². The Morgan fingerprint density at radius 1 is 1.03 bits per heavy atom. The van der Waals surface area contributed by atoms with Crippen LogP contribution >= 0.6 is 0 Å². The van der Waals surface area contributed by atoms with Crippen molar-refractivity contribution in [3.63, 3.8) is 0 Å². The Morgan fingerprint density at radius 2 is 1.70 bits per heavy atom. The van der Waals surface area contributed by atoms with Crippen molar-refractivity contribution in [2.45, 2.75) is 19.3 Å². The maximum Gasteiger partial charge on any atom is 0.321 e. The van der Waals surface area contributed by atoms with Gasteiger partial charge in [-0.2, -0.15) is 0 Å². The number of ether oxygens (including phenoxy) is 1. The van der Waals surface area contributed by atoms with Crippen LogP contribution in [-0.2, 0) is 4.79 Å². The van der Waals surface area contributed by atoms with E-state index in [0.29, 0.717) is 31.3 Å². The lowest BCUT2D eigenvalue weighted by Crippen LogP contribution is -2.41. The SMILES string of the molecule is O=C(COc1ccccc1)NCCC1CCN(C(=O)Nc2cc(F)cc(F)c2)CC1. The molecule has 0 radical (unpaired) electrons. The predicted molar refractivity (Wildman–Crippen MR) is 109 cm³/mol. The van der Waals surface area contributed by atoms with Crippen LogP contribution in [0, 0.1) is 17.6 Å². The molecular weight excluding hydrogens is 392 g/mol. The van der Waals surface area contributed by atoms with Crippen LogP contribution in [0.2, 0.25) is 0 Å². The number of nitrogens with one attached hydrogen (secondary N) is 2. The molecule has 2 N–H and O–H groups in total. The van der Waals surface area contributed by atoms with Crippen LogP contribution in [-0.4, -0.2) is 43.1 Å². The number of piperidine rings is 1. The Kier molecular flexibility index (Phi) is 7.59. The van der Waals surface area contributed by atoms with Gasteiger partial charge in [0.25, 0.3) is 5.91 Å². The van der Waals surface area contributed by atoms with Crippen LogP contribution in [0.25, 0.3) is 0 Å². The highest BCUT2D eigenvalue weighted by Crippen LogP contribution is 2.21. The minimum Gasteiger partial charge on any atom is -0.484 e. The number of amides is 3. The number of rotatable bonds is 7. The minimum absolute atomic E-state index is 0.0245. The largest absolute Gasteiger partial charge is 0.484 e. The van der Waals surface area contributed by atoms with E-state index in [1.54, 1.807) is 17.0 Å². The molecule has 0 unspecified atom stereocenters. The van der Waals surface area contributed by atoms with E-state index in [-0.39, 0.29) is 24.2 Å². The van der Waals surface area contributed by atoms with E-state index in [9.17, 15) is 18.4 Å². The zero-order valence-electron chi connectivity index (χ0n) is 16.6. The molecule has 3 amide bonds. The first-order valence-electron chi connectivity index (χ1n) is 9.96. The number of para-hydroxylation sites is 1. The first kappa shape index (κ1) is 21.5. The van der Waals surface area contributed by atoms with Crippen molar-refractivity contribution in [1.29, 1.82) is 0 Å². The van der Waals surface area contributed by atoms with E-state index in [4.69, 9.17) is 4.74 Å². The summed E-state index contributed by atoms with van der Waals surface area (Å²) in [6.45, 7) is 1.64. The highest BCUT2D eigenvalue weighted by Gasteiger charge is 2.23. The Hall–Kier alpha value is -3.16. The fourth-order valence-electron chi connectivity index (χ4n) is 3.39. The van der Waals surface area contributed by atoms with Crippen molar-refractivity contribution < 1.29 is 23.1 Å². The summed E-state index contributed by atoms with van der Waals surface area (Å²) in [4.78, 5) is 25.8. The van der Waals surface area contributed by atoms with Crippen molar-refractivity contribution in [3.8, 4) is 5.75 Å². The lowest BCUT2D eigenvalue weighted by atomic mass is 9.94. The lowest BCUT2D eigenvalue weighted by Gasteiger charge is -2.32. The number of likely N-dealkylation sites (tertiary alicyclic amines) is 1. The van der Waals surface area contributed by atoms with Crippen molar-refractivity contribution in [1.82, 2.24) is 10.2 Å². The van der Waals surface area contributed by atoms with Crippen molar-refractivity contribution >= 4 is 17.6 Å². The summed E-state index contributed by atoms with van der Waals surface area (Å²) in [6, 6.07) is 11.7. The molecule has 1 aliphatic rings. The molecule has 0 saturated carbocycles. The van der Waals surface area contributed by atoms with E-state index in [1.807, 2.05) is 18.2 Å². The van der Waals surface area contributed by atoms with Gasteiger partial charge in [0.15, 0.2) is 6.61 Å². The third kappa shape index (κ3) is 6.72. The van der Waals surface area contributed by atoms with E-state index in [2.05, 4.69) is 10.6 Å². The van der Waals surface area contributed by atoms with Crippen LogP contribution in [0.1, 0.15) is 19.3 Å². The molecule has 1 saturated heterocycles. The summed E-state index contributed by atoms with van der Waals surface area (Å²) in [5.41, 5.74) is 0.0973. The lowest BCUT2D eigenvalue weighted by molar-refractivity contribution is -0.123. The van der Waals surface area contributed by atoms with Gasteiger partial charge in [0.2, 0.25) is 0 Å². The molecule has 0 bridgehead atoms. The van der Waals surface area contributed by atoms with E-state index >= 15 is 0 Å². The average Bonchev–Trinajstić information content (AvgIpc) is 2.73. The second-order valence-electron chi connectivity index (χ2n) is 7.26. The molecule has 2 aromatic carbocycles. The number of anilines is 1. The van der Waals surface area contributed by atoms with Gasteiger partial charge in [0.05, 0.1) is 0 Å². The normalized spacial score (nSPS) is 14.3. The van der Waals surface area contributed by atoms with Gasteiger partial charge in [0, 0.05) is 31.4 Å². The first-order chi connectivity index (χ1) is 14.5. The molecule has 1 aliphatic heterocycles. The van der Waals surface area contributed by atoms with Gasteiger partial charge in [-0.05, 0) is 49.4 Å². The standard InChI is InChI=1S/C22H25F2N3O3/c23-17-12-18(24)14-19(13-17)26-22(29)27-10-7-16(8-11-27)6-9-25-21(28)15-30-20-4-2-1-3-5-20/h1-5,12-14,16H,6-11,15H2,(H,25,28)(H,26,29). The van der Waals surface area contributed by atoms with Crippen molar-refractivity contribution in [2.75, 3.05) is 31.6 Å². The Bertz CT molecular complexity index is 836. The fourth-order valence-corrected chi connectivity index (χ4v) is 3.39. The van der Waals surface area contributed by atoms with Crippen molar-refractivity contribution in [3.05, 3.63) is 60.2 Å². The maximum atomic E-state index is 13.2. The summed E-state index contributed by atoms with van der Waals surface area (Å²) in [6.07, 6.45) is 2.43. The number of urea groups is 1. The Morgan fingerprint density at radius 3 is 2.37 bits per heavy atom. The van der Waals surface area contributed by atoms with Crippen LogP contribution < -0.4 is 15.4 Å². The fraction of sp³-hybridized carbons (Fsp3) is 0.364. The summed E-state index contributed by atoms with van der Waals surface area (Å²) >= 11 is 0. The van der Waals surface area contributed by atoms with Gasteiger partial charge < -0.3 is 20.3 Å². The van der Waals surface area contributed by atoms with Gasteiger partial charge >= 0.3 is 6.03 Å². The minimum atomic E-state index is -0.736. The monoisotopic (exact) mass is 417 g/mol. The third-order valence-electron chi connectivity index (χ3n) is 5.00. The zero-order valence-corrected chi connectivity index (χ0v) is 16.6. The second kappa shape index (κ2) is 10.6. The molecule has 0 aliphatic carbocycles. The maximum absolute atomic E-state index is 13.2. The van der Waals surface area contributed by atoms with Gasteiger partial charge in [0.1, 0.15) is 17.4 Å². The highest BCUT2D eigenvalue weighted by molar-refractivity contribution is 5.89. The third-order valence-corrected chi connectivity index (χ3v) is 5.00. The van der Waals surface area contributed by atoms with E-state index in [0.717, 1.165) is 37.5 Å². The van der Waals surface area contributed by atoms with Crippen LogP contribution in [0.4, 0.5) is 19.3 Å². The summed E-state index contributed by atoms with van der Waals surface area (Å²) < 4.78 is 31.9. The number of hydrogen-bond acceptors (Lipinski definition) is 3. The van der Waals surface area contributed by atoms with Gasteiger partial charge in [-0.1, -0.05) is 18.2 Å². The molecule has 3 rings (SSSR count). The molecule has 30 heavy (non-hydrogen) atoms. The second-order valence-corrected chi connectivity index (χ2v) is 7.26. The number of benzene rings is 2. The molecule has 1 heterocycles. The molecule has 0 spiro atoms.